The molecule has 0 spiro atoms. The molecule has 2 aromatic carbocycles. The molecule has 25 heavy (non-hydrogen) atoms. The summed E-state index contributed by atoms with van der Waals surface area (Å²) in [5, 5.41) is 23.2. The van der Waals surface area contributed by atoms with Crippen molar-refractivity contribution in [3.63, 3.8) is 0 Å². The lowest BCUT2D eigenvalue weighted by atomic mass is 10.1. The fourth-order valence-electron chi connectivity index (χ4n) is 3.03. The maximum atomic E-state index is 12.2. The van der Waals surface area contributed by atoms with Gasteiger partial charge >= 0.3 is 5.69 Å². The van der Waals surface area contributed by atoms with Gasteiger partial charge in [0.25, 0.3) is 5.91 Å². The van der Waals surface area contributed by atoms with E-state index in [9.17, 15) is 20.0 Å². The zero-order valence-corrected chi connectivity index (χ0v) is 13.6. The van der Waals surface area contributed by atoms with E-state index in [0.29, 0.717) is 12.5 Å². The van der Waals surface area contributed by atoms with E-state index < -0.39 is 16.4 Å². The highest BCUT2D eigenvalue weighted by molar-refractivity contribution is 5.95. The van der Waals surface area contributed by atoms with E-state index in [1.54, 1.807) is 0 Å². The van der Waals surface area contributed by atoms with E-state index in [1.165, 1.54) is 11.8 Å². The molecule has 7 nitrogen and oxygen atoms in total. The molecule has 0 radical (unpaired) electrons. The normalized spacial score (nSPS) is 16.6. The minimum Gasteiger partial charge on any atom is -0.502 e. The SMILES string of the molecule is O=C(NCC1CCN(c2ccccc2)C1)c1ccc([N+](=O)[O-])c(O)c1. The molecule has 1 unspecified atom stereocenters. The van der Waals surface area contributed by atoms with Gasteiger partial charge in [-0.05, 0) is 36.6 Å². The summed E-state index contributed by atoms with van der Waals surface area (Å²) in [6.07, 6.45) is 0.987. The number of anilines is 1. The molecule has 0 bridgehead atoms. The predicted octanol–water partition coefficient (Wildman–Crippen LogP) is 2.56. The third kappa shape index (κ3) is 3.88. The lowest BCUT2D eigenvalue weighted by Gasteiger charge is -2.18. The summed E-state index contributed by atoms with van der Waals surface area (Å²) >= 11 is 0. The average Bonchev–Trinajstić information content (AvgIpc) is 3.09. The van der Waals surface area contributed by atoms with Crippen LogP contribution in [0.25, 0.3) is 0 Å². The highest BCUT2D eigenvalue weighted by Crippen LogP contribution is 2.26. The first-order chi connectivity index (χ1) is 12.0. The molecule has 130 valence electrons. The minimum atomic E-state index is -0.687. The maximum Gasteiger partial charge on any atom is 0.310 e. The van der Waals surface area contributed by atoms with Crippen LogP contribution >= 0.6 is 0 Å². The van der Waals surface area contributed by atoms with Gasteiger partial charge in [0.15, 0.2) is 5.75 Å². The number of hydrogen-bond acceptors (Lipinski definition) is 5. The Labute approximate surface area is 145 Å². The van der Waals surface area contributed by atoms with Crippen molar-refractivity contribution in [3.05, 3.63) is 64.2 Å². The third-order valence-electron chi connectivity index (χ3n) is 4.39. The Balaban J connectivity index is 1.55. The van der Waals surface area contributed by atoms with Crippen molar-refractivity contribution >= 4 is 17.3 Å². The Morgan fingerprint density at radius 1 is 1.28 bits per heavy atom. The van der Waals surface area contributed by atoms with Gasteiger partial charge in [0.2, 0.25) is 0 Å². The monoisotopic (exact) mass is 341 g/mol. The number of phenolic OH excluding ortho intramolecular Hbond substituents is 1. The van der Waals surface area contributed by atoms with Crippen molar-refractivity contribution in [1.82, 2.24) is 5.32 Å². The first-order valence-corrected chi connectivity index (χ1v) is 8.10. The van der Waals surface area contributed by atoms with Crippen LogP contribution in [-0.4, -0.2) is 35.6 Å². The van der Waals surface area contributed by atoms with Crippen molar-refractivity contribution in [1.29, 1.82) is 0 Å². The molecule has 1 heterocycles. The molecule has 1 saturated heterocycles. The molecule has 1 aliphatic heterocycles. The molecule has 0 aromatic heterocycles. The number of carbonyl (C=O) groups is 1. The first kappa shape index (κ1) is 16.8. The summed E-state index contributed by atoms with van der Waals surface area (Å²) in [5.41, 5.74) is 0.975. The molecule has 2 N–H and O–H groups in total. The number of nitro groups is 1. The first-order valence-electron chi connectivity index (χ1n) is 8.10. The molecule has 3 rings (SSSR count). The minimum absolute atomic E-state index is 0.209. The number of para-hydroxylation sites is 1. The lowest BCUT2D eigenvalue weighted by molar-refractivity contribution is -0.385. The van der Waals surface area contributed by atoms with Gasteiger partial charge in [0, 0.05) is 37.0 Å². The highest BCUT2D eigenvalue weighted by Gasteiger charge is 2.23. The van der Waals surface area contributed by atoms with E-state index in [-0.39, 0.29) is 11.5 Å². The summed E-state index contributed by atoms with van der Waals surface area (Å²) in [6.45, 7) is 2.35. The summed E-state index contributed by atoms with van der Waals surface area (Å²) in [6, 6.07) is 13.7. The van der Waals surface area contributed by atoms with Crippen LogP contribution in [0.15, 0.2) is 48.5 Å². The molecular formula is C18H19N3O4. The van der Waals surface area contributed by atoms with Crippen LogP contribution in [0.5, 0.6) is 5.75 Å². The third-order valence-corrected chi connectivity index (χ3v) is 4.39. The van der Waals surface area contributed by atoms with Crippen molar-refractivity contribution in [3.8, 4) is 5.75 Å². The van der Waals surface area contributed by atoms with Crippen LogP contribution < -0.4 is 10.2 Å². The zero-order chi connectivity index (χ0) is 17.8. The van der Waals surface area contributed by atoms with E-state index >= 15 is 0 Å². The van der Waals surface area contributed by atoms with Crippen LogP contribution in [0.2, 0.25) is 0 Å². The van der Waals surface area contributed by atoms with Crippen molar-refractivity contribution in [2.24, 2.45) is 5.92 Å². The number of nitro benzene ring substituents is 1. The van der Waals surface area contributed by atoms with Crippen LogP contribution in [-0.2, 0) is 0 Å². The fraction of sp³-hybridized carbons (Fsp3) is 0.278. The molecule has 1 fully saturated rings. The Kier molecular flexibility index (Phi) is 4.83. The van der Waals surface area contributed by atoms with E-state index in [2.05, 4.69) is 22.3 Å². The van der Waals surface area contributed by atoms with Gasteiger partial charge in [0.05, 0.1) is 4.92 Å². The number of hydrogen-bond donors (Lipinski definition) is 2. The second kappa shape index (κ2) is 7.21. The largest absolute Gasteiger partial charge is 0.502 e. The van der Waals surface area contributed by atoms with E-state index in [0.717, 1.165) is 31.6 Å². The Morgan fingerprint density at radius 3 is 2.72 bits per heavy atom. The maximum absolute atomic E-state index is 12.2. The predicted molar refractivity (Wildman–Crippen MR) is 93.9 cm³/mol. The topological polar surface area (TPSA) is 95.7 Å². The van der Waals surface area contributed by atoms with Gasteiger partial charge in [-0.25, -0.2) is 0 Å². The number of nitrogens with one attached hydrogen (secondary N) is 1. The summed E-state index contributed by atoms with van der Waals surface area (Å²) in [7, 11) is 0. The van der Waals surface area contributed by atoms with Crippen LogP contribution in [0, 0.1) is 16.0 Å². The van der Waals surface area contributed by atoms with Crippen LogP contribution in [0.1, 0.15) is 16.8 Å². The fourth-order valence-corrected chi connectivity index (χ4v) is 3.03. The Morgan fingerprint density at radius 2 is 2.04 bits per heavy atom. The number of carbonyl (C=O) groups excluding carboxylic acids is 1. The quantitative estimate of drug-likeness (QED) is 0.644. The van der Waals surface area contributed by atoms with Gasteiger partial charge in [-0.15, -0.1) is 0 Å². The standard InChI is InChI=1S/C18H19N3O4/c22-17-10-14(6-7-16(17)21(24)25)18(23)19-11-13-8-9-20(12-13)15-4-2-1-3-5-15/h1-7,10,13,22H,8-9,11-12H2,(H,19,23). The van der Waals surface area contributed by atoms with Gasteiger partial charge in [0.1, 0.15) is 0 Å². The number of phenols is 1. The van der Waals surface area contributed by atoms with Gasteiger partial charge in [-0.2, -0.15) is 0 Å². The molecule has 1 aliphatic rings. The Bertz CT molecular complexity index is 779. The number of aromatic hydroxyl groups is 1. The molecule has 7 heteroatoms. The lowest BCUT2D eigenvalue weighted by Crippen LogP contribution is -2.31. The number of benzene rings is 2. The molecule has 2 aromatic rings. The van der Waals surface area contributed by atoms with Gasteiger partial charge in [-0.3, -0.25) is 14.9 Å². The summed E-state index contributed by atoms with van der Waals surface area (Å²) in [4.78, 5) is 24.5. The van der Waals surface area contributed by atoms with Crippen molar-refractivity contribution in [2.45, 2.75) is 6.42 Å². The van der Waals surface area contributed by atoms with E-state index in [4.69, 9.17) is 0 Å². The highest BCUT2D eigenvalue weighted by atomic mass is 16.6. The molecule has 0 saturated carbocycles. The molecule has 0 aliphatic carbocycles. The second-order valence-corrected chi connectivity index (χ2v) is 6.11. The zero-order valence-electron chi connectivity index (χ0n) is 13.6. The Hall–Kier alpha value is -3.09. The molecule has 1 atom stereocenters. The number of amides is 1. The number of rotatable bonds is 5. The molecule has 1 amide bonds. The van der Waals surface area contributed by atoms with E-state index in [1.807, 2.05) is 18.2 Å². The number of nitrogens with zero attached hydrogens (tertiary/aromatic N) is 2. The van der Waals surface area contributed by atoms with Crippen LogP contribution in [0.3, 0.4) is 0 Å². The van der Waals surface area contributed by atoms with Gasteiger partial charge in [-0.1, -0.05) is 18.2 Å². The summed E-state index contributed by atoms with van der Waals surface area (Å²) in [5.74, 6) is -0.507. The van der Waals surface area contributed by atoms with Crippen molar-refractivity contribution < 1.29 is 14.8 Å². The summed E-state index contributed by atoms with van der Waals surface area (Å²) < 4.78 is 0. The van der Waals surface area contributed by atoms with Crippen LogP contribution in [0.4, 0.5) is 11.4 Å². The average molecular weight is 341 g/mol. The van der Waals surface area contributed by atoms with Crippen molar-refractivity contribution in [2.75, 3.05) is 24.5 Å². The second-order valence-electron chi connectivity index (χ2n) is 6.11. The van der Waals surface area contributed by atoms with Gasteiger partial charge < -0.3 is 15.3 Å². The molecular weight excluding hydrogens is 322 g/mol. The smallest absolute Gasteiger partial charge is 0.310 e.